The van der Waals surface area contributed by atoms with Gasteiger partial charge in [0.25, 0.3) is 0 Å². The molecule has 5 nitrogen and oxygen atoms in total. The smallest absolute Gasteiger partial charge is 0.303 e. The molecular formula is C11H13N3O2. The van der Waals surface area contributed by atoms with Gasteiger partial charge in [-0.1, -0.05) is 0 Å². The summed E-state index contributed by atoms with van der Waals surface area (Å²) in [6.45, 7) is 0.624. The molecule has 0 fully saturated rings. The molecule has 16 heavy (non-hydrogen) atoms. The number of nitrogens with one attached hydrogen (secondary N) is 1. The summed E-state index contributed by atoms with van der Waals surface area (Å²) in [6, 6.07) is 5.43. The van der Waals surface area contributed by atoms with Gasteiger partial charge >= 0.3 is 5.97 Å². The fourth-order valence-corrected chi connectivity index (χ4v) is 1.24. The van der Waals surface area contributed by atoms with Crippen LogP contribution >= 0.6 is 0 Å². The van der Waals surface area contributed by atoms with E-state index in [0.29, 0.717) is 24.3 Å². The standard InChI is InChI=1S/C11H13N3O2/c12-8-9-4-3-7-14-11(9)13-6-2-1-5-10(15)16/h3-4,7H,1-2,5-6H2,(H,13,14)(H,15,16). The van der Waals surface area contributed by atoms with Crippen LogP contribution in [0.25, 0.3) is 0 Å². The third kappa shape index (κ3) is 3.96. The average Bonchev–Trinajstić information content (AvgIpc) is 2.29. The van der Waals surface area contributed by atoms with Crippen molar-refractivity contribution >= 4 is 11.8 Å². The lowest BCUT2D eigenvalue weighted by Crippen LogP contribution is -2.05. The molecule has 0 unspecified atom stereocenters. The molecule has 2 N–H and O–H groups in total. The Balaban J connectivity index is 2.32. The molecule has 0 aromatic carbocycles. The Morgan fingerprint density at radius 2 is 2.38 bits per heavy atom. The van der Waals surface area contributed by atoms with E-state index in [1.807, 2.05) is 6.07 Å². The molecule has 0 radical (unpaired) electrons. The molecule has 0 spiro atoms. The highest BCUT2D eigenvalue weighted by Gasteiger charge is 2.01. The zero-order valence-electron chi connectivity index (χ0n) is 8.81. The van der Waals surface area contributed by atoms with Gasteiger partial charge in [-0.15, -0.1) is 0 Å². The van der Waals surface area contributed by atoms with Gasteiger partial charge in [-0.25, -0.2) is 4.98 Å². The Bertz CT molecular complexity index is 398. The molecule has 0 aliphatic carbocycles. The summed E-state index contributed by atoms with van der Waals surface area (Å²) in [4.78, 5) is 14.3. The van der Waals surface area contributed by atoms with Crippen LogP contribution in [-0.2, 0) is 4.79 Å². The van der Waals surface area contributed by atoms with Crippen molar-refractivity contribution in [1.29, 1.82) is 5.26 Å². The summed E-state index contributed by atoms with van der Waals surface area (Å²) in [5.41, 5.74) is 0.501. The predicted molar refractivity (Wildman–Crippen MR) is 58.9 cm³/mol. The second kappa shape index (κ2) is 6.40. The Labute approximate surface area is 93.7 Å². The molecule has 0 saturated heterocycles. The number of carboxylic acid groups (broad SMARTS) is 1. The highest BCUT2D eigenvalue weighted by Crippen LogP contribution is 2.09. The molecule has 1 heterocycles. The van der Waals surface area contributed by atoms with Crippen LogP contribution in [0.5, 0.6) is 0 Å². The lowest BCUT2D eigenvalue weighted by molar-refractivity contribution is -0.137. The number of rotatable bonds is 6. The minimum atomic E-state index is -0.782. The van der Waals surface area contributed by atoms with Crippen molar-refractivity contribution in [2.45, 2.75) is 19.3 Å². The van der Waals surface area contributed by atoms with Gasteiger partial charge in [0.15, 0.2) is 0 Å². The first kappa shape index (κ1) is 12.0. The molecule has 0 aliphatic rings. The monoisotopic (exact) mass is 219 g/mol. The van der Waals surface area contributed by atoms with Gasteiger partial charge in [-0.05, 0) is 25.0 Å². The van der Waals surface area contributed by atoms with Crippen LogP contribution in [0.1, 0.15) is 24.8 Å². The number of hydrogen-bond acceptors (Lipinski definition) is 4. The summed E-state index contributed by atoms with van der Waals surface area (Å²) in [5.74, 6) is -0.226. The second-order valence-corrected chi connectivity index (χ2v) is 3.29. The molecule has 1 rings (SSSR count). The maximum absolute atomic E-state index is 10.3. The van der Waals surface area contributed by atoms with Crippen LogP contribution in [0.15, 0.2) is 18.3 Å². The third-order valence-electron chi connectivity index (χ3n) is 2.04. The van der Waals surface area contributed by atoms with Gasteiger partial charge in [0.2, 0.25) is 0 Å². The molecule has 0 saturated carbocycles. The van der Waals surface area contributed by atoms with Gasteiger partial charge in [0.1, 0.15) is 11.9 Å². The van der Waals surface area contributed by atoms with E-state index in [-0.39, 0.29) is 6.42 Å². The van der Waals surface area contributed by atoms with Crippen molar-refractivity contribution in [3.63, 3.8) is 0 Å². The zero-order chi connectivity index (χ0) is 11.8. The van der Waals surface area contributed by atoms with E-state index in [1.165, 1.54) is 0 Å². The van der Waals surface area contributed by atoms with Crippen molar-refractivity contribution in [1.82, 2.24) is 4.98 Å². The second-order valence-electron chi connectivity index (χ2n) is 3.29. The lowest BCUT2D eigenvalue weighted by atomic mass is 10.2. The maximum Gasteiger partial charge on any atom is 0.303 e. The summed E-state index contributed by atoms with van der Waals surface area (Å²) >= 11 is 0. The number of unbranched alkanes of at least 4 members (excludes halogenated alkanes) is 1. The Morgan fingerprint density at radius 1 is 1.56 bits per heavy atom. The number of nitrogens with zero attached hydrogens (tertiary/aromatic N) is 2. The number of nitriles is 1. The first-order chi connectivity index (χ1) is 7.74. The zero-order valence-corrected chi connectivity index (χ0v) is 8.81. The minimum Gasteiger partial charge on any atom is -0.481 e. The molecule has 5 heteroatoms. The number of carboxylic acids is 1. The topological polar surface area (TPSA) is 86.0 Å². The number of anilines is 1. The molecule has 1 aromatic heterocycles. The minimum absolute atomic E-state index is 0.176. The molecule has 0 bridgehead atoms. The van der Waals surface area contributed by atoms with Crippen LogP contribution in [-0.4, -0.2) is 22.6 Å². The first-order valence-electron chi connectivity index (χ1n) is 5.05. The fourth-order valence-electron chi connectivity index (χ4n) is 1.24. The van der Waals surface area contributed by atoms with Crippen molar-refractivity contribution in [3.05, 3.63) is 23.9 Å². The Kier molecular flexibility index (Phi) is 4.80. The summed E-state index contributed by atoms with van der Waals surface area (Å²) in [5, 5.41) is 20.2. The van der Waals surface area contributed by atoms with Crippen LogP contribution in [0.4, 0.5) is 5.82 Å². The van der Waals surface area contributed by atoms with Gasteiger partial charge < -0.3 is 10.4 Å². The predicted octanol–water partition coefficient (Wildman–Crippen LogP) is 1.62. The summed E-state index contributed by atoms with van der Waals surface area (Å²) in [6.07, 6.45) is 3.15. The van der Waals surface area contributed by atoms with E-state index >= 15 is 0 Å². The number of aromatic nitrogens is 1. The number of hydrogen-bond donors (Lipinski definition) is 2. The van der Waals surface area contributed by atoms with Gasteiger partial charge in [0.05, 0.1) is 5.56 Å². The Morgan fingerprint density at radius 3 is 3.06 bits per heavy atom. The summed E-state index contributed by atoms with van der Waals surface area (Å²) < 4.78 is 0. The van der Waals surface area contributed by atoms with Gasteiger partial charge in [0, 0.05) is 19.2 Å². The highest BCUT2D eigenvalue weighted by molar-refractivity contribution is 5.66. The SMILES string of the molecule is N#Cc1cccnc1NCCCCC(=O)O. The van der Waals surface area contributed by atoms with Crippen molar-refractivity contribution in [3.8, 4) is 6.07 Å². The van der Waals surface area contributed by atoms with Gasteiger partial charge in [-0.2, -0.15) is 5.26 Å². The summed E-state index contributed by atoms with van der Waals surface area (Å²) in [7, 11) is 0. The van der Waals surface area contributed by atoms with Crippen molar-refractivity contribution in [2.24, 2.45) is 0 Å². The van der Waals surface area contributed by atoms with Gasteiger partial charge in [-0.3, -0.25) is 4.79 Å². The number of aliphatic carboxylic acids is 1. The lowest BCUT2D eigenvalue weighted by Gasteiger charge is -2.05. The Hall–Kier alpha value is -2.09. The first-order valence-corrected chi connectivity index (χ1v) is 5.05. The average molecular weight is 219 g/mol. The van der Waals surface area contributed by atoms with Crippen LogP contribution in [0.3, 0.4) is 0 Å². The highest BCUT2D eigenvalue weighted by atomic mass is 16.4. The maximum atomic E-state index is 10.3. The van der Waals surface area contributed by atoms with Crippen molar-refractivity contribution < 1.29 is 9.90 Å². The molecular weight excluding hydrogens is 206 g/mol. The quantitative estimate of drug-likeness (QED) is 0.710. The molecule has 0 atom stereocenters. The van der Waals surface area contributed by atoms with Crippen LogP contribution in [0.2, 0.25) is 0 Å². The number of pyridine rings is 1. The van der Waals surface area contributed by atoms with E-state index in [0.717, 1.165) is 6.42 Å². The van der Waals surface area contributed by atoms with Crippen molar-refractivity contribution in [2.75, 3.05) is 11.9 Å². The van der Waals surface area contributed by atoms with E-state index in [2.05, 4.69) is 10.3 Å². The normalized spacial score (nSPS) is 9.44. The van der Waals surface area contributed by atoms with E-state index in [1.54, 1.807) is 18.3 Å². The molecule has 1 aromatic rings. The van der Waals surface area contributed by atoms with E-state index < -0.39 is 5.97 Å². The van der Waals surface area contributed by atoms with E-state index in [4.69, 9.17) is 10.4 Å². The fraction of sp³-hybridized carbons (Fsp3) is 0.364. The molecule has 0 amide bonds. The number of carbonyl (C=O) groups is 1. The molecule has 84 valence electrons. The van der Waals surface area contributed by atoms with E-state index in [9.17, 15) is 4.79 Å². The molecule has 0 aliphatic heterocycles. The third-order valence-corrected chi connectivity index (χ3v) is 2.04. The van der Waals surface area contributed by atoms with Crippen LogP contribution < -0.4 is 5.32 Å². The van der Waals surface area contributed by atoms with Crippen LogP contribution in [0, 0.1) is 11.3 Å². The largest absolute Gasteiger partial charge is 0.481 e.